The van der Waals surface area contributed by atoms with Crippen molar-refractivity contribution in [3.05, 3.63) is 216 Å². The van der Waals surface area contributed by atoms with Crippen molar-refractivity contribution >= 4 is 43.1 Å². The zero-order chi connectivity index (χ0) is 40.9. The number of benzene rings is 10. The molecule has 0 aliphatic heterocycles. The van der Waals surface area contributed by atoms with Crippen LogP contribution in [-0.4, -0.2) is 36.6 Å². The minimum Gasteiger partial charge on any atom is -0.491 e. The van der Waals surface area contributed by atoms with Gasteiger partial charge in [-0.3, -0.25) is 0 Å². The Morgan fingerprint density at radius 3 is 1.11 bits per heavy atom. The molecule has 0 fully saturated rings. The van der Waals surface area contributed by atoms with Crippen molar-refractivity contribution in [3.63, 3.8) is 0 Å². The van der Waals surface area contributed by atoms with Crippen LogP contribution in [0.1, 0.15) is 22.3 Å². The molecular weight excluding hydrogens is 749 g/mol. The quantitative estimate of drug-likeness (QED) is 0.145. The highest BCUT2D eigenvalue weighted by atomic mass is 16.5. The maximum absolute atomic E-state index is 9.83. The molecule has 0 atom stereocenters. The van der Waals surface area contributed by atoms with Gasteiger partial charge < -0.3 is 19.7 Å². The van der Waals surface area contributed by atoms with E-state index in [1.165, 1.54) is 66.1 Å². The predicted octanol–water partition coefficient (Wildman–Crippen LogP) is 12.7. The van der Waals surface area contributed by atoms with Crippen LogP contribution in [0.3, 0.4) is 0 Å². The number of ether oxygens (including phenoxy) is 2. The van der Waals surface area contributed by atoms with Gasteiger partial charge in [0.2, 0.25) is 0 Å². The lowest BCUT2D eigenvalue weighted by molar-refractivity contribution is 0.203. The lowest BCUT2D eigenvalue weighted by atomic mass is 9.65. The van der Waals surface area contributed by atoms with Gasteiger partial charge in [0, 0.05) is 10.8 Å². The second kappa shape index (κ2) is 15.1. The maximum atomic E-state index is 9.83. The molecule has 0 spiro atoms. The van der Waals surface area contributed by atoms with Gasteiger partial charge in [-0.05, 0) is 100 Å². The van der Waals surface area contributed by atoms with E-state index in [0.29, 0.717) is 0 Å². The van der Waals surface area contributed by atoms with Crippen LogP contribution in [0.2, 0.25) is 0 Å². The largest absolute Gasteiger partial charge is 0.491 e. The van der Waals surface area contributed by atoms with Crippen molar-refractivity contribution in [1.82, 2.24) is 0 Å². The minimum absolute atomic E-state index is 0.0780. The zero-order valence-corrected chi connectivity index (χ0v) is 33.5. The zero-order valence-electron chi connectivity index (χ0n) is 33.5. The molecule has 0 unspecified atom stereocenters. The highest BCUT2D eigenvalue weighted by molar-refractivity contribution is 6.11. The standard InChI is InChI=1S/C57H42O4/c58-33-35-60-53-31-29-49(43-19-5-7-21-45(43)53)57(50-30-32-54(61-36-34-59)46-22-8-6-20-44(46)50)51-27-11-25-47(41-23-9-15-37-13-1-3-17-39(37)41)55(51)56-48(26-12-28-52(56)57)42-24-10-16-38-14-2-4-18-40(38)42/h1-32,58-59H,33-36H2. The fourth-order valence-corrected chi connectivity index (χ4v) is 10.3. The Morgan fingerprint density at radius 1 is 0.311 bits per heavy atom. The van der Waals surface area contributed by atoms with E-state index in [0.717, 1.165) is 44.2 Å². The molecule has 0 saturated carbocycles. The summed E-state index contributed by atoms with van der Waals surface area (Å²) in [4.78, 5) is 0. The second-order valence-corrected chi connectivity index (χ2v) is 15.7. The van der Waals surface area contributed by atoms with Gasteiger partial charge in [0.05, 0.1) is 18.6 Å². The molecule has 4 nitrogen and oxygen atoms in total. The number of hydrogen-bond acceptors (Lipinski definition) is 4. The molecule has 10 aromatic rings. The molecular formula is C57H42O4. The Hall–Kier alpha value is -7.24. The lowest BCUT2D eigenvalue weighted by Crippen LogP contribution is -2.29. The molecule has 2 N–H and O–H groups in total. The molecule has 1 aliphatic rings. The van der Waals surface area contributed by atoms with Crippen LogP contribution in [0.4, 0.5) is 0 Å². The first-order valence-electron chi connectivity index (χ1n) is 21.0. The summed E-state index contributed by atoms with van der Waals surface area (Å²) in [6.45, 7) is 0.239. The van der Waals surface area contributed by atoms with E-state index in [1.807, 2.05) is 0 Å². The van der Waals surface area contributed by atoms with Crippen molar-refractivity contribution in [2.24, 2.45) is 0 Å². The first-order valence-corrected chi connectivity index (χ1v) is 21.0. The molecule has 11 rings (SSSR count). The normalized spacial score (nSPS) is 12.8. The van der Waals surface area contributed by atoms with Gasteiger partial charge in [0.1, 0.15) is 24.7 Å². The van der Waals surface area contributed by atoms with Crippen molar-refractivity contribution in [2.45, 2.75) is 5.41 Å². The Balaban J connectivity index is 1.36. The molecule has 0 bridgehead atoms. The fraction of sp³-hybridized carbons (Fsp3) is 0.0877. The average Bonchev–Trinajstić information content (AvgIpc) is 3.63. The van der Waals surface area contributed by atoms with Crippen LogP contribution < -0.4 is 9.47 Å². The van der Waals surface area contributed by atoms with Gasteiger partial charge in [0.25, 0.3) is 0 Å². The first-order chi connectivity index (χ1) is 30.2. The Morgan fingerprint density at radius 2 is 0.672 bits per heavy atom. The van der Waals surface area contributed by atoms with Gasteiger partial charge in [-0.25, -0.2) is 0 Å². The van der Waals surface area contributed by atoms with Crippen molar-refractivity contribution < 1.29 is 19.7 Å². The summed E-state index contributed by atoms with van der Waals surface area (Å²) in [5.41, 5.74) is 10.9. The summed E-state index contributed by atoms with van der Waals surface area (Å²) in [5.74, 6) is 1.46. The highest BCUT2D eigenvalue weighted by Crippen LogP contribution is 2.63. The molecule has 0 radical (unpaired) electrons. The molecule has 0 amide bonds. The Labute approximate surface area is 354 Å². The average molecular weight is 791 g/mol. The third kappa shape index (κ3) is 5.68. The number of rotatable bonds is 10. The Kier molecular flexibility index (Phi) is 9.11. The topological polar surface area (TPSA) is 58.9 Å². The van der Waals surface area contributed by atoms with E-state index in [4.69, 9.17) is 9.47 Å². The molecule has 10 aromatic carbocycles. The van der Waals surface area contributed by atoms with Crippen molar-refractivity contribution in [2.75, 3.05) is 26.4 Å². The minimum atomic E-state index is -0.851. The summed E-state index contributed by atoms with van der Waals surface area (Å²) in [6.07, 6.45) is 0. The smallest absolute Gasteiger partial charge is 0.127 e. The van der Waals surface area contributed by atoms with Crippen molar-refractivity contribution in [3.8, 4) is 44.9 Å². The highest BCUT2D eigenvalue weighted by Gasteiger charge is 2.49. The summed E-state index contributed by atoms with van der Waals surface area (Å²) in [7, 11) is 0. The van der Waals surface area contributed by atoms with Gasteiger partial charge in [0.15, 0.2) is 0 Å². The van der Waals surface area contributed by atoms with E-state index < -0.39 is 5.41 Å². The van der Waals surface area contributed by atoms with E-state index in [-0.39, 0.29) is 26.4 Å². The van der Waals surface area contributed by atoms with Gasteiger partial charge in [-0.2, -0.15) is 0 Å². The molecule has 61 heavy (non-hydrogen) atoms. The van der Waals surface area contributed by atoms with Crippen LogP contribution in [0.15, 0.2) is 194 Å². The van der Waals surface area contributed by atoms with Crippen LogP contribution in [0, 0.1) is 0 Å². The van der Waals surface area contributed by atoms with E-state index in [9.17, 15) is 10.2 Å². The number of hydrogen-bond donors (Lipinski definition) is 2. The summed E-state index contributed by atoms with van der Waals surface area (Å²) in [6, 6.07) is 70.0. The van der Waals surface area contributed by atoms with Crippen LogP contribution in [0.25, 0.3) is 76.5 Å². The summed E-state index contributed by atoms with van der Waals surface area (Å²) >= 11 is 0. The van der Waals surface area contributed by atoms with Crippen molar-refractivity contribution in [1.29, 1.82) is 0 Å². The molecule has 4 heteroatoms. The van der Waals surface area contributed by atoms with Crippen LogP contribution >= 0.6 is 0 Å². The van der Waals surface area contributed by atoms with Crippen LogP contribution in [-0.2, 0) is 5.41 Å². The molecule has 0 saturated heterocycles. The van der Waals surface area contributed by atoms with Gasteiger partial charge >= 0.3 is 0 Å². The monoisotopic (exact) mass is 790 g/mol. The van der Waals surface area contributed by atoms with Gasteiger partial charge in [-0.15, -0.1) is 0 Å². The van der Waals surface area contributed by atoms with E-state index in [2.05, 4.69) is 194 Å². The molecule has 0 heterocycles. The summed E-state index contributed by atoms with van der Waals surface area (Å²) < 4.78 is 12.5. The van der Waals surface area contributed by atoms with E-state index in [1.54, 1.807) is 0 Å². The SMILES string of the molecule is OCCOc1ccc(C2(c3ccc(OCCO)c4ccccc34)c3cccc(-c4cccc5ccccc45)c3-c3c(-c4cccc5ccccc45)cccc32)c2ccccc12. The first kappa shape index (κ1) is 36.8. The third-order valence-electron chi connectivity index (χ3n) is 12.6. The van der Waals surface area contributed by atoms with E-state index >= 15 is 0 Å². The molecule has 0 aromatic heterocycles. The Bertz CT molecular complexity index is 3080. The van der Waals surface area contributed by atoms with Crippen LogP contribution in [0.5, 0.6) is 11.5 Å². The lowest BCUT2D eigenvalue weighted by Gasteiger charge is -2.36. The second-order valence-electron chi connectivity index (χ2n) is 15.7. The molecule has 1 aliphatic carbocycles. The van der Waals surface area contributed by atoms with Gasteiger partial charge in [-0.1, -0.05) is 182 Å². The predicted molar refractivity (Wildman–Crippen MR) is 250 cm³/mol. The molecule has 294 valence electrons. The fourth-order valence-electron chi connectivity index (χ4n) is 10.3. The number of aliphatic hydroxyl groups is 2. The third-order valence-corrected chi connectivity index (χ3v) is 12.6. The summed E-state index contributed by atoms with van der Waals surface area (Å²) in [5, 5.41) is 28.5. The maximum Gasteiger partial charge on any atom is 0.127 e. The number of fused-ring (bicyclic) bond motifs is 7. The number of aliphatic hydroxyl groups excluding tert-OH is 2.